The number of hydrogen-bond acceptors (Lipinski definition) is 8. The Balaban J connectivity index is 1.25. The van der Waals surface area contributed by atoms with Crippen LogP contribution >= 0.6 is 11.6 Å². The molecule has 4 atom stereocenters. The molecular weight excluding hydrogens is 543 g/mol. The first kappa shape index (κ1) is 27.2. The molecule has 0 unspecified atom stereocenters. The Labute approximate surface area is 246 Å². The lowest BCUT2D eigenvalue weighted by Gasteiger charge is -2.43. The Morgan fingerprint density at radius 2 is 2.05 bits per heavy atom. The third-order valence-electron chi connectivity index (χ3n) is 10.2. The zero-order valence-electron chi connectivity index (χ0n) is 23.5. The predicted molar refractivity (Wildman–Crippen MR) is 155 cm³/mol. The van der Waals surface area contributed by atoms with E-state index in [4.69, 9.17) is 36.8 Å². The lowest BCUT2D eigenvalue weighted by Crippen LogP contribution is -2.44. The van der Waals surface area contributed by atoms with Crippen molar-refractivity contribution in [1.82, 2.24) is 14.9 Å². The number of alkyl halides is 1. The fourth-order valence-electron chi connectivity index (χ4n) is 8.07. The Kier molecular flexibility index (Phi) is 7.00. The first-order valence-corrected chi connectivity index (χ1v) is 15.5. The van der Waals surface area contributed by atoms with Crippen molar-refractivity contribution < 1.29 is 13.9 Å². The van der Waals surface area contributed by atoms with Crippen LogP contribution in [0.15, 0.2) is 12.1 Å². The monoisotopic (exact) mass is 580 g/mol. The molecule has 7 rings (SSSR count). The maximum Gasteiger partial charge on any atom is 0.318 e. The van der Waals surface area contributed by atoms with E-state index in [1.54, 1.807) is 0 Å². The Morgan fingerprint density at radius 3 is 2.93 bits per heavy atom. The van der Waals surface area contributed by atoms with E-state index >= 15 is 0 Å². The number of aromatic nitrogens is 2. The van der Waals surface area contributed by atoms with Crippen LogP contribution in [0.1, 0.15) is 73.8 Å². The van der Waals surface area contributed by atoms with Gasteiger partial charge in [0, 0.05) is 54.7 Å². The van der Waals surface area contributed by atoms with Gasteiger partial charge in [-0.2, -0.15) is 15.2 Å². The van der Waals surface area contributed by atoms with E-state index in [2.05, 4.69) is 15.9 Å². The van der Waals surface area contributed by atoms with Crippen LogP contribution in [0.4, 0.5) is 15.9 Å². The number of anilines is 2. The summed E-state index contributed by atoms with van der Waals surface area (Å²) < 4.78 is 27.6. The van der Waals surface area contributed by atoms with Gasteiger partial charge in [0.05, 0.1) is 29.5 Å². The molecule has 0 saturated carbocycles. The van der Waals surface area contributed by atoms with E-state index in [1.165, 1.54) is 0 Å². The highest BCUT2D eigenvalue weighted by Gasteiger charge is 2.50. The molecule has 1 aliphatic carbocycles. The summed E-state index contributed by atoms with van der Waals surface area (Å²) in [7, 11) is 0. The third-order valence-corrected chi connectivity index (χ3v) is 10.5. The van der Waals surface area contributed by atoms with Crippen LogP contribution < -0.4 is 15.4 Å². The maximum atomic E-state index is 14.4. The quantitative estimate of drug-likeness (QED) is 0.499. The van der Waals surface area contributed by atoms with Gasteiger partial charge in [0.2, 0.25) is 0 Å². The first-order valence-electron chi connectivity index (χ1n) is 15.2. The van der Waals surface area contributed by atoms with Gasteiger partial charge < -0.3 is 20.1 Å². The molecule has 218 valence electrons. The predicted octanol–water partition coefficient (Wildman–Crippen LogP) is 5.10. The summed E-state index contributed by atoms with van der Waals surface area (Å²) in [6.07, 6.45) is 7.62. The van der Waals surface area contributed by atoms with Gasteiger partial charge in [-0.15, -0.1) is 0 Å². The van der Waals surface area contributed by atoms with Gasteiger partial charge >= 0.3 is 6.01 Å². The van der Waals surface area contributed by atoms with Gasteiger partial charge in [-0.05, 0) is 81.2 Å². The van der Waals surface area contributed by atoms with Gasteiger partial charge in [-0.25, -0.2) is 4.39 Å². The van der Waals surface area contributed by atoms with Crippen molar-refractivity contribution in [2.24, 2.45) is 5.92 Å². The number of nitrogens with zero attached hydrogens (tertiary/aromatic N) is 5. The van der Waals surface area contributed by atoms with Crippen LogP contribution in [0.3, 0.4) is 0 Å². The summed E-state index contributed by atoms with van der Waals surface area (Å²) >= 11 is 6.66. The van der Waals surface area contributed by atoms with E-state index in [0.29, 0.717) is 49.3 Å². The highest BCUT2D eigenvalue weighted by Crippen LogP contribution is 2.48. The highest BCUT2D eigenvalue weighted by molar-refractivity contribution is 6.31. The fraction of sp³-hybridized carbons (Fsp3) is 0.645. The molecule has 8 nitrogen and oxygen atoms in total. The lowest BCUT2D eigenvalue weighted by atomic mass is 9.74. The average molecular weight is 581 g/mol. The molecule has 4 aliphatic heterocycles. The van der Waals surface area contributed by atoms with Crippen molar-refractivity contribution in [3.63, 3.8) is 0 Å². The summed E-state index contributed by atoms with van der Waals surface area (Å²) in [5.74, 6) is 0.904. The molecule has 1 aromatic heterocycles. The first-order chi connectivity index (χ1) is 19.9. The van der Waals surface area contributed by atoms with Gasteiger partial charge in [-0.3, -0.25) is 4.90 Å². The number of halogens is 2. The van der Waals surface area contributed by atoms with Crippen molar-refractivity contribution >= 4 is 23.1 Å². The lowest BCUT2D eigenvalue weighted by molar-refractivity contribution is -0.0855. The number of fused-ring (bicyclic) bond motifs is 4. The Hall–Kier alpha value is -2.67. The molecule has 3 fully saturated rings. The zero-order valence-corrected chi connectivity index (χ0v) is 24.3. The van der Waals surface area contributed by atoms with Crippen LogP contribution in [0.2, 0.25) is 5.02 Å². The van der Waals surface area contributed by atoms with Crippen LogP contribution in [0, 0.1) is 17.2 Å². The second-order valence-electron chi connectivity index (χ2n) is 12.7. The van der Waals surface area contributed by atoms with Crippen molar-refractivity contribution in [2.75, 3.05) is 43.4 Å². The van der Waals surface area contributed by atoms with Crippen molar-refractivity contribution in [1.29, 1.82) is 5.26 Å². The SMILES string of the molecule is N#C[C@H]1CCCN(c2nc(OC[C@@]34CCCN3C[C@H](F)C4)nc3c2CO[C@]2(CCCc4c(Cl)cc(N)cc42)C3)CC1. The number of nitrogen functional groups attached to an aromatic ring is 1. The van der Waals surface area contributed by atoms with Crippen LogP contribution in [-0.2, 0) is 29.8 Å². The van der Waals surface area contributed by atoms with Crippen LogP contribution in [-0.4, -0.2) is 59.4 Å². The minimum Gasteiger partial charge on any atom is -0.461 e. The minimum absolute atomic E-state index is 0.0605. The van der Waals surface area contributed by atoms with Gasteiger partial charge in [0.1, 0.15) is 18.6 Å². The molecule has 2 N–H and O–H groups in total. The molecule has 10 heteroatoms. The summed E-state index contributed by atoms with van der Waals surface area (Å²) in [6, 6.07) is 6.65. The van der Waals surface area contributed by atoms with Gasteiger partial charge in [-0.1, -0.05) is 11.6 Å². The average Bonchev–Trinajstić information content (AvgIpc) is 3.36. The topological polar surface area (TPSA) is 101 Å². The van der Waals surface area contributed by atoms with Crippen molar-refractivity contribution in [3.8, 4) is 12.1 Å². The molecule has 2 aromatic rings. The zero-order chi connectivity index (χ0) is 28.2. The largest absolute Gasteiger partial charge is 0.461 e. The molecule has 5 heterocycles. The van der Waals surface area contributed by atoms with Crippen molar-refractivity contribution in [2.45, 2.75) is 88.1 Å². The maximum absolute atomic E-state index is 14.4. The standard InChI is InChI=1S/C31H38ClFN6O2/c32-26-13-22(35)12-25-23(26)5-1-8-31(25)15-27-24(18-41-31)28(38-9-2-4-20(16-34)6-11-38)37-29(36-27)40-19-30-7-3-10-39(30)17-21(33)14-30/h12-13,20-21H,1-11,14-15,17-19,35H2/t20-,21+,30-,31+/m0/s1. The second kappa shape index (κ2) is 10.6. The summed E-state index contributed by atoms with van der Waals surface area (Å²) in [5, 5.41) is 10.2. The smallest absolute Gasteiger partial charge is 0.318 e. The minimum atomic E-state index is -0.813. The van der Waals surface area contributed by atoms with E-state index in [9.17, 15) is 9.65 Å². The molecule has 1 spiro atoms. The van der Waals surface area contributed by atoms with Crippen molar-refractivity contribution in [3.05, 3.63) is 39.5 Å². The molecule has 1 aromatic carbocycles. The molecule has 0 radical (unpaired) electrons. The third kappa shape index (κ3) is 4.82. The summed E-state index contributed by atoms with van der Waals surface area (Å²) in [5.41, 5.74) is 10.2. The highest BCUT2D eigenvalue weighted by atomic mass is 35.5. The molecule has 41 heavy (non-hydrogen) atoms. The van der Waals surface area contributed by atoms with E-state index < -0.39 is 11.8 Å². The molecule has 0 bridgehead atoms. The molecule has 5 aliphatic rings. The van der Waals surface area contributed by atoms with Gasteiger partial charge in [0.25, 0.3) is 0 Å². The fourth-order valence-corrected chi connectivity index (χ4v) is 8.39. The summed E-state index contributed by atoms with van der Waals surface area (Å²) in [4.78, 5) is 14.5. The van der Waals surface area contributed by atoms with E-state index in [0.717, 1.165) is 99.2 Å². The Morgan fingerprint density at radius 1 is 1.15 bits per heavy atom. The molecular formula is C31H38ClFN6O2. The number of benzene rings is 1. The Bertz CT molecular complexity index is 1390. The number of rotatable bonds is 4. The molecule has 0 amide bonds. The normalized spacial score (nSPS) is 31.3. The second-order valence-corrected chi connectivity index (χ2v) is 13.1. The number of hydrogen-bond donors (Lipinski definition) is 1. The summed E-state index contributed by atoms with van der Waals surface area (Å²) in [6.45, 7) is 3.75. The van der Waals surface area contributed by atoms with E-state index in [1.807, 2.05) is 12.1 Å². The van der Waals surface area contributed by atoms with Crippen LogP contribution in [0.5, 0.6) is 6.01 Å². The number of nitriles is 1. The number of nitrogens with two attached hydrogens (primary N) is 1. The van der Waals surface area contributed by atoms with Crippen LogP contribution in [0.25, 0.3) is 0 Å². The van der Waals surface area contributed by atoms with E-state index in [-0.39, 0.29) is 11.5 Å². The number of ether oxygens (including phenoxy) is 2. The van der Waals surface area contributed by atoms with Gasteiger partial charge in [0.15, 0.2) is 0 Å². The molecule has 3 saturated heterocycles.